The van der Waals surface area contributed by atoms with Crippen LogP contribution in [0.4, 0.5) is 0 Å². The van der Waals surface area contributed by atoms with Gasteiger partial charge in [-0.3, -0.25) is 4.90 Å². The minimum atomic E-state index is 0.220. The van der Waals surface area contributed by atoms with E-state index in [-0.39, 0.29) is 6.10 Å². The van der Waals surface area contributed by atoms with Crippen LogP contribution < -0.4 is 5.32 Å². The topological polar surface area (TPSA) is 24.5 Å². The molecule has 3 nitrogen and oxygen atoms in total. The van der Waals surface area contributed by atoms with Crippen molar-refractivity contribution < 1.29 is 4.74 Å². The first-order chi connectivity index (χ1) is 9.49. The number of nitrogens with one attached hydrogen (secondary N) is 1. The van der Waals surface area contributed by atoms with Crippen LogP contribution in [0.25, 0.3) is 0 Å². The molecule has 1 N–H and O–H groups in total. The number of rotatable bonds is 4. The summed E-state index contributed by atoms with van der Waals surface area (Å²) >= 11 is 0. The van der Waals surface area contributed by atoms with E-state index in [2.05, 4.69) is 63.2 Å². The van der Waals surface area contributed by atoms with Crippen LogP contribution in [-0.4, -0.2) is 43.8 Å². The van der Waals surface area contributed by atoms with Crippen LogP contribution in [0.1, 0.15) is 36.6 Å². The molecule has 0 saturated carbocycles. The third-order valence-corrected chi connectivity index (χ3v) is 4.07. The molecule has 3 heteroatoms. The van der Waals surface area contributed by atoms with Gasteiger partial charge in [0.2, 0.25) is 0 Å². The van der Waals surface area contributed by atoms with Crippen molar-refractivity contribution in [1.29, 1.82) is 0 Å². The molecular formula is C17H28N2O. The molecule has 0 amide bonds. The lowest BCUT2D eigenvalue weighted by Gasteiger charge is -2.40. The summed E-state index contributed by atoms with van der Waals surface area (Å²) in [4.78, 5) is 2.42. The summed E-state index contributed by atoms with van der Waals surface area (Å²) in [6.45, 7) is 11.4. The van der Waals surface area contributed by atoms with Crippen LogP contribution in [0.3, 0.4) is 0 Å². The molecule has 0 aromatic heterocycles. The largest absolute Gasteiger partial charge is 0.374 e. The molecular weight excluding hydrogens is 248 g/mol. The Hall–Kier alpha value is -0.900. The average molecular weight is 276 g/mol. The predicted octanol–water partition coefficient (Wildman–Crippen LogP) is 2.67. The van der Waals surface area contributed by atoms with Gasteiger partial charge in [0, 0.05) is 19.1 Å². The number of hydrogen-bond donors (Lipinski definition) is 1. The van der Waals surface area contributed by atoms with E-state index in [9.17, 15) is 0 Å². The van der Waals surface area contributed by atoms with Gasteiger partial charge in [0.05, 0.1) is 18.8 Å². The van der Waals surface area contributed by atoms with Crippen molar-refractivity contribution in [3.05, 3.63) is 34.9 Å². The molecule has 1 aliphatic rings. The number of hydrogen-bond acceptors (Lipinski definition) is 3. The molecule has 1 aromatic rings. The highest BCUT2D eigenvalue weighted by Gasteiger charge is 2.32. The number of benzene rings is 1. The molecule has 2 atom stereocenters. The van der Waals surface area contributed by atoms with Crippen LogP contribution in [0.15, 0.2) is 18.2 Å². The van der Waals surface area contributed by atoms with Crippen molar-refractivity contribution in [1.82, 2.24) is 10.2 Å². The van der Waals surface area contributed by atoms with Crippen LogP contribution >= 0.6 is 0 Å². The molecule has 1 heterocycles. The van der Waals surface area contributed by atoms with Crippen LogP contribution in [0, 0.1) is 13.8 Å². The minimum Gasteiger partial charge on any atom is -0.374 e. The van der Waals surface area contributed by atoms with Crippen molar-refractivity contribution in [3.63, 3.8) is 0 Å². The summed E-state index contributed by atoms with van der Waals surface area (Å²) < 4.78 is 6.05. The van der Waals surface area contributed by atoms with E-state index in [0.717, 1.165) is 19.7 Å². The molecule has 20 heavy (non-hydrogen) atoms. The Labute approximate surface area is 123 Å². The Morgan fingerprint density at radius 2 is 2.10 bits per heavy atom. The van der Waals surface area contributed by atoms with E-state index in [1.165, 1.54) is 16.7 Å². The van der Waals surface area contributed by atoms with Gasteiger partial charge in [0.1, 0.15) is 0 Å². The van der Waals surface area contributed by atoms with Crippen molar-refractivity contribution >= 4 is 0 Å². The summed E-state index contributed by atoms with van der Waals surface area (Å²) in [6, 6.07) is 7.58. The lowest BCUT2D eigenvalue weighted by molar-refractivity contribution is -0.0622. The molecule has 1 aromatic carbocycles. The van der Waals surface area contributed by atoms with Crippen LogP contribution in [0.5, 0.6) is 0 Å². The molecule has 1 saturated heterocycles. The standard InChI is InChI=1S/C17H28N2O/c1-12(2)18-11-16-17(19(5)8-9-20-16)15-7-6-13(3)10-14(15)4/h6-7,10,12,16-18H,8-9,11H2,1-5H3. The highest BCUT2D eigenvalue weighted by atomic mass is 16.5. The molecule has 1 aliphatic heterocycles. The molecule has 0 aliphatic carbocycles. The van der Waals surface area contributed by atoms with E-state index >= 15 is 0 Å². The van der Waals surface area contributed by atoms with E-state index in [1.807, 2.05) is 0 Å². The van der Waals surface area contributed by atoms with Crippen molar-refractivity contribution in [2.45, 2.75) is 45.9 Å². The van der Waals surface area contributed by atoms with Gasteiger partial charge in [-0.2, -0.15) is 0 Å². The minimum absolute atomic E-state index is 0.220. The number of nitrogens with zero attached hydrogens (tertiary/aromatic N) is 1. The molecule has 2 unspecified atom stereocenters. The van der Waals surface area contributed by atoms with E-state index in [1.54, 1.807) is 0 Å². The van der Waals surface area contributed by atoms with Gasteiger partial charge in [0.25, 0.3) is 0 Å². The fourth-order valence-electron chi connectivity index (χ4n) is 2.98. The fourth-order valence-corrected chi connectivity index (χ4v) is 2.98. The zero-order valence-electron chi connectivity index (χ0n) is 13.4. The molecule has 1 fully saturated rings. The van der Waals surface area contributed by atoms with E-state index < -0.39 is 0 Å². The third-order valence-electron chi connectivity index (χ3n) is 4.07. The second kappa shape index (κ2) is 6.70. The maximum Gasteiger partial charge on any atom is 0.0896 e. The zero-order valence-corrected chi connectivity index (χ0v) is 13.4. The Bertz CT molecular complexity index is 445. The van der Waals surface area contributed by atoms with Gasteiger partial charge in [-0.05, 0) is 32.0 Å². The first-order valence-corrected chi connectivity index (χ1v) is 7.61. The Kier molecular flexibility index (Phi) is 5.19. The van der Waals surface area contributed by atoms with Gasteiger partial charge in [0.15, 0.2) is 0 Å². The number of aryl methyl sites for hydroxylation is 2. The molecule has 2 rings (SSSR count). The summed E-state index contributed by atoms with van der Waals surface area (Å²) in [6.07, 6.45) is 0.220. The second-order valence-electron chi connectivity index (χ2n) is 6.26. The summed E-state index contributed by atoms with van der Waals surface area (Å²) in [5.41, 5.74) is 4.08. The zero-order chi connectivity index (χ0) is 14.7. The maximum atomic E-state index is 6.05. The number of morpholine rings is 1. The van der Waals surface area contributed by atoms with Gasteiger partial charge in [-0.25, -0.2) is 0 Å². The third kappa shape index (κ3) is 3.60. The fraction of sp³-hybridized carbons (Fsp3) is 0.647. The Morgan fingerprint density at radius 3 is 2.75 bits per heavy atom. The molecule has 0 radical (unpaired) electrons. The number of ether oxygens (including phenoxy) is 1. The second-order valence-corrected chi connectivity index (χ2v) is 6.26. The predicted molar refractivity (Wildman–Crippen MR) is 84.2 cm³/mol. The highest BCUT2D eigenvalue weighted by molar-refractivity contribution is 5.33. The molecule has 0 spiro atoms. The summed E-state index contributed by atoms with van der Waals surface area (Å²) in [5, 5.41) is 3.51. The van der Waals surface area contributed by atoms with Crippen LogP contribution in [-0.2, 0) is 4.74 Å². The summed E-state index contributed by atoms with van der Waals surface area (Å²) in [7, 11) is 2.20. The van der Waals surface area contributed by atoms with Gasteiger partial charge in [-0.1, -0.05) is 37.6 Å². The monoisotopic (exact) mass is 276 g/mol. The summed E-state index contributed by atoms with van der Waals surface area (Å²) in [5.74, 6) is 0. The average Bonchev–Trinajstić information content (AvgIpc) is 2.37. The van der Waals surface area contributed by atoms with Gasteiger partial charge >= 0.3 is 0 Å². The van der Waals surface area contributed by atoms with Gasteiger partial charge < -0.3 is 10.1 Å². The normalized spacial score (nSPS) is 24.3. The van der Waals surface area contributed by atoms with E-state index in [4.69, 9.17) is 4.74 Å². The van der Waals surface area contributed by atoms with Crippen molar-refractivity contribution in [3.8, 4) is 0 Å². The quantitative estimate of drug-likeness (QED) is 0.915. The Morgan fingerprint density at radius 1 is 1.35 bits per heavy atom. The van der Waals surface area contributed by atoms with E-state index in [0.29, 0.717) is 12.1 Å². The lowest BCUT2D eigenvalue weighted by atomic mass is 9.93. The first kappa shape index (κ1) is 15.5. The van der Waals surface area contributed by atoms with Crippen LogP contribution in [0.2, 0.25) is 0 Å². The van der Waals surface area contributed by atoms with Gasteiger partial charge in [-0.15, -0.1) is 0 Å². The molecule has 112 valence electrons. The Balaban J connectivity index is 2.22. The van der Waals surface area contributed by atoms with Crippen molar-refractivity contribution in [2.75, 3.05) is 26.7 Å². The smallest absolute Gasteiger partial charge is 0.0896 e. The maximum absolute atomic E-state index is 6.05. The lowest BCUT2D eigenvalue weighted by Crippen LogP contribution is -2.48. The first-order valence-electron chi connectivity index (χ1n) is 7.61. The SMILES string of the molecule is Cc1ccc(C2C(CNC(C)C)OCCN2C)c(C)c1. The molecule has 0 bridgehead atoms. The highest BCUT2D eigenvalue weighted by Crippen LogP contribution is 2.30. The number of likely N-dealkylation sites (N-methyl/N-ethyl adjacent to an activating group) is 1. The van der Waals surface area contributed by atoms with Crippen molar-refractivity contribution in [2.24, 2.45) is 0 Å².